The molecule has 0 aliphatic carbocycles. The first-order valence-corrected chi connectivity index (χ1v) is 8.99. The summed E-state index contributed by atoms with van der Waals surface area (Å²) in [5.74, 6) is -0.00327. The number of amides is 1. The van der Waals surface area contributed by atoms with Crippen LogP contribution < -0.4 is 10.6 Å². The molecule has 1 aromatic carbocycles. The summed E-state index contributed by atoms with van der Waals surface area (Å²) in [6.07, 6.45) is 0.575. The molecule has 1 saturated heterocycles. The first kappa shape index (κ1) is 19.8. The minimum absolute atomic E-state index is 0.00327. The van der Waals surface area contributed by atoms with Crippen molar-refractivity contribution in [3.63, 3.8) is 0 Å². The number of nitrogens with one attached hydrogen (secondary N) is 2. The Morgan fingerprint density at radius 1 is 1.20 bits per heavy atom. The van der Waals surface area contributed by atoms with Gasteiger partial charge in [0.1, 0.15) is 0 Å². The number of hydrogen-bond acceptors (Lipinski definition) is 5. The van der Waals surface area contributed by atoms with Crippen molar-refractivity contribution >= 4 is 5.91 Å². The molecule has 1 aliphatic heterocycles. The van der Waals surface area contributed by atoms with E-state index in [0.717, 1.165) is 25.2 Å². The minimum atomic E-state index is -0.00327. The van der Waals surface area contributed by atoms with E-state index in [2.05, 4.69) is 53.6 Å². The number of hydrogen-bond donors (Lipinski definition) is 2. The van der Waals surface area contributed by atoms with Gasteiger partial charge in [0, 0.05) is 39.8 Å². The quantitative estimate of drug-likeness (QED) is 0.655. The molecule has 2 N–H and O–H groups in total. The lowest BCUT2D eigenvalue weighted by Gasteiger charge is -2.35. The zero-order chi connectivity index (χ0) is 18.1. The van der Waals surface area contributed by atoms with Crippen LogP contribution >= 0.6 is 0 Å². The van der Waals surface area contributed by atoms with E-state index in [-0.39, 0.29) is 18.1 Å². The van der Waals surface area contributed by atoms with Crippen LogP contribution in [-0.4, -0.2) is 62.9 Å². The average Bonchev–Trinajstić information content (AvgIpc) is 2.57. The Labute approximate surface area is 150 Å². The molecule has 25 heavy (non-hydrogen) atoms. The Balaban J connectivity index is 1.71. The SMILES string of the molecule is COCCNCC(=O)NCc1ccc(CN2CC(C)OC(C)C2)cc1. The lowest BCUT2D eigenvalue weighted by Crippen LogP contribution is -2.44. The van der Waals surface area contributed by atoms with Crippen LogP contribution in [0.3, 0.4) is 0 Å². The molecule has 1 heterocycles. The highest BCUT2D eigenvalue weighted by molar-refractivity contribution is 5.77. The van der Waals surface area contributed by atoms with Crippen molar-refractivity contribution in [1.29, 1.82) is 0 Å². The number of carbonyl (C=O) groups is 1. The van der Waals surface area contributed by atoms with Crippen LogP contribution in [0, 0.1) is 0 Å². The second-order valence-electron chi connectivity index (χ2n) is 6.71. The van der Waals surface area contributed by atoms with E-state index in [1.165, 1.54) is 5.56 Å². The molecule has 0 aromatic heterocycles. The molecule has 1 fully saturated rings. The molecule has 140 valence electrons. The van der Waals surface area contributed by atoms with Crippen LogP contribution in [0.4, 0.5) is 0 Å². The molecule has 0 spiro atoms. The zero-order valence-corrected chi connectivity index (χ0v) is 15.6. The molecule has 1 amide bonds. The molecule has 6 heteroatoms. The normalized spacial score (nSPS) is 21.2. The van der Waals surface area contributed by atoms with Crippen molar-refractivity contribution in [1.82, 2.24) is 15.5 Å². The third kappa shape index (κ3) is 7.52. The number of nitrogens with zero attached hydrogens (tertiary/aromatic N) is 1. The molecule has 2 unspecified atom stereocenters. The van der Waals surface area contributed by atoms with E-state index in [4.69, 9.17) is 9.47 Å². The first-order chi connectivity index (χ1) is 12.1. The molecule has 2 atom stereocenters. The van der Waals surface area contributed by atoms with Gasteiger partial charge in [-0.2, -0.15) is 0 Å². The van der Waals surface area contributed by atoms with Gasteiger partial charge in [0.05, 0.1) is 25.4 Å². The average molecular weight is 349 g/mol. The van der Waals surface area contributed by atoms with Crippen molar-refractivity contribution in [2.75, 3.05) is 39.9 Å². The zero-order valence-electron chi connectivity index (χ0n) is 15.6. The van der Waals surface area contributed by atoms with E-state index >= 15 is 0 Å². The molecule has 6 nitrogen and oxygen atoms in total. The van der Waals surface area contributed by atoms with E-state index in [9.17, 15) is 4.79 Å². The second-order valence-corrected chi connectivity index (χ2v) is 6.71. The van der Waals surface area contributed by atoms with E-state index in [1.54, 1.807) is 7.11 Å². The summed E-state index contributed by atoms with van der Waals surface area (Å²) < 4.78 is 10.7. The Morgan fingerprint density at radius 2 is 1.84 bits per heavy atom. The largest absolute Gasteiger partial charge is 0.383 e. The van der Waals surface area contributed by atoms with Gasteiger partial charge in [-0.05, 0) is 25.0 Å². The molecule has 1 aromatic rings. The Morgan fingerprint density at radius 3 is 2.48 bits per heavy atom. The van der Waals surface area contributed by atoms with E-state index in [1.807, 2.05) is 0 Å². The number of methoxy groups -OCH3 is 1. The highest BCUT2D eigenvalue weighted by Gasteiger charge is 2.21. The summed E-state index contributed by atoms with van der Waals surface area (Å²) in [5.41, 5.74) is 2.40. The summed E-state index contributed by atoms with van der Waals surface area (Å²) in [6, 6.07) is 8.45. The fourth-order valence-corrected chi connectivity index (χ4v) is 3.07. The fraction of sp³-hybridized carbons (Fsp3) is 0.632. The van der Waals surface area contributed by atoms with E-state index in [0.29, 0.717) is 26.2 Å². The smallest absolute Gasteiger partial charge is 0.234 e. The molecule has 0 bridgehead atoms. The van der Waals surface area contributed by atoms with Crippen LogP contribution in [-0.2, 0) is 27.4 Å². The van der Waals surface area contributed by atoms with Crippen molar-refractivity contribution in [2.24, 2.45) is 0 Å². The molecule has 0 saturated carbocycles. The van der Waals surface area contributed by atoms with Gasteiger partial charge in [-0.15, -0.1) is 0 Å². The predicted molar refractivity (Wildman–Crippen MR) is 98.3 cm³/mol. The number of benzene rings is 1. The lowest BCUT2D eigenvalue weighted by atomic mass is 10.1. The summed E-state index contributed by atoms with van der Waals surface area (Å²) in [5, 5.41) is 5.95. The first-order valence-electron chi connectivity index (χ1n) is 8.99. The van der Waals surface area contributed by atoms with Crippen molar-refractivity contribution in [3.05, 3.63) is 35.4 Å². The van der Waals surface area contributed by atoms with Crippen molar-refractivity contribution in [2.45, 2.75) is 39.1 Å². The van der Waals surface area contributed by atoms with Crippen molar-refractivity contribution in [3.8, 4) is 0 Å². The van der Waals surface area contributed by atoms with Crippen molar-refractivity contribution < 1.29 is 14.3 Å². The molecular weight excluding hydrogens is 318 g/mol. The third-order valence-electron chi connectivity index (χ3n) is 4.18. The molecule has 1 aliphatic rings. The monoisotopic (exact) mass is 349 g/mol. The van der Waals surface area contributed by atoms with Gasteiger partial charge >= 0.3 is 0 Å². The topological polar surface area (TPSA) is 62.8 Å². The highest BCUT2D eigenvalue weighted by Crippen LogP contribution is 2.14. The summed E-state index contributed by atoms with van der Waals surface area (Å²) in [7, 11) is 1.64. The summed E-state index contributed by atoms with van der Waals surface area (Å²) in [4.78, 5) is 14.2. The predicted octanol–water partition coefficient (Wildman–Crippen LogP) is 1.15. The number of rotatable bonds is 9. The van der Waals surface area contributed by atoms with Gasteiger partial charge in [-0.1, -0.05) is 24.3 Å². The number of carbonyl (C=O) groups excluding carboxylic acids is 1. The highest BCUT2D eigenvalue weighted by atomic mass is 16.5. The van der Waals surface area contributed by atoms with Crippen LogP contribution in [0.1, 0.15) is 25.0 Å². The molecule has 0 radical (unpaired) electrons. The van der Waals surface area contributed by atoms with Crippen LogP contribution in [0.15, 0.2) is 24.3 Å². The van der Waals surface area contributed by atoms with Gasteiger partial charge in [0.15, 0.2) is 0 Å². The Kier molecular flexibility index (Phi) is 8.34. The van der Waals surface area contributed by atoms with Gasteiger partial charge < -0.3 is 20.1 Å². The fourth-order valence-electron chi connectivity index (χ4n) is 3.07. The Bertz CT molecular complexity index is 511. The van der Waals surface area contributed by atoms with E-state index < -0.39 is 0 Å². The summed E-state index contributed by atoms with van der Waals surface area (Å²) >= 11 is 0. The van der Waals surface area contributed by atoms with Gasteiger partial charge in [-0.25, -0.2) is 0 Å². The minimum Gasteiger partial charge on any atom is -0.383 e. The maximum atomic E-state index is 11.7. The molecular formula is C19H31N3O3. The summed E-state index contributed by atoms with van der Waals surface area (Å²) in [6.45, 7) is 9.28. The van der Waals surface area contributed by atoms with Crippen LogP contribution in [0.25, 0.3) is 0 Å². The molecule has 2 rings (SSSR count). The third-order valence-corrected chi connectivity index (χ3v) is 4.18. The second kappa shape index (κ2) is 10.5. The number of morpholine rings is 1. The van der Waals surface area contributed by atoms with Crippen LogP contribution in [0.2, 0.25) is 0 Å². The van der Waals surface area contributed by atoms with Crippen LogP contribution in [0.5, 0.6) is 0 Å². The van der Waals surface area contributed by atoms with Gasteiger partial charge in [-0.3, -0.25) is 9.69 Å². The standard InChI is InChI=1S/C19H31N3O3/c1-15-12-22(13-16(2)25-15)14-18-6-4-17(5-7-18)10-21-19(23)11-20-8-9-24-3/h4-7,15-16,20H,8-14H2,1-3H3,(H,21,23). The lowest BCUT2D eigenvalue weighted by molar-refractivity contribution is -0.120. The number of ether oxygens (including phenoxy) is 2. The maximum absolute atomic E-state index is 11.7. The van der Waals surface area contributed by atoms with Gasteiger partial charge in [0.2, 0.25) is 5.91 Å². The maximum Gasteiger partial charge on any atom is 0.234 e. The van der Waals surface area contributed by atoms with Gasteiger partial charge in [0.25, 0.3) is 0 Å². The Hall–Kier alpha value is -1.47.